The van der Waals surface area contributed by atoms with Gasteiger partial charge in [0.15, 0.2) is 5.65 Å². The lowest BCUT2D eigenvalue weighted by atomic mass is 10.1. The molecule has 0 spiro atoms. The summed E-state index contributed by atoms with van der Waals surface area (Å²) in [5.41, 5.74) is 3.51. The van der Waals surface area contributed by atoms with Crippen molar-refractivity contribution < 1.29 is 4.74 Å². The first-order valence-electron chi connectivity index (χ1n) is 6.59. The molecule has 0 aliphatic rings. The maximum absolute atomic E-state index is 5.12. The smallest absolute Gasteiger partial charge is 0.215 e. The van der Waals surface area contributed by atoms with Gasteiger partial charge in [0.25, 0.3) is 0 Å². The average molecular weight is 276 g/mol. The zero-order chi connectivity index (χ0) is 14.2. The van der Waals surface area contributed by atoms with E-state index in [4.69, 9.17) is 4.74 Å². The number of aromatic nitrogens is 4. The van der Waals surface area contributed by atoms with E-state index < -0.39 is 0 Å². The van der Waals surface area contributed by atoms with Crippen LogP contribution in [0.1, 0.15) is 0 Å². The Labute approximate surface area is 120 Å². The van der Waals surface area contributed by atoms with Crippen molar-refractivity contribution in [2.75, 3.05) is 7.11 Å². The number of rotatable bonds is 2. The van der Waals surface area contributed by atoms with Gasteiger partial charge in [0, 0.05) is 23.2 Å². The first-order chi connectivity index (χ1) is 10.3. The van der Waals surface area contributed by atoms with Crippen LogP contribution < -0.4 is 4.74 Å². The summed E-state index contributed by atoms with van der Waals surface area (Å²) >= 11 is 0. The van der Waals surface area contributed by atoms with Crippen LogP contribution >= 0.6 is 0 Å². The van der Waals surface area contributed by atoms with Gasteiger partial charge >= 0.3 is 0 Å². The molecular formula is C16H12N4O. The van der Waals surface area contributed by atoms with Gasteiger partial charge in [-0.15, -0.1) is 0 Å². The molecule has 0 aliphatic carbocycles. The molecular weight excluding hydrogens is 264 g/mol. The average Bonchev–Trinajstić information content (AvgIpc) is 2.97. The molecule has 5 heteroatoms. The first kappa shape index (κ1) is 11.8. The van der Waals surface area contributed by atoms with Gasteiger partial charge in [0.1, 0.15) is 5.82 Å². The number of nitrogens with zero attached hydrogens (tertiary/aromatic N) is 3. The fraction of sp³-hybridized carbons (Fsp3) is 0.0625. The van der Waals surface area contributed by atoms with Gasteiger partial charge in [-0.1, -0.05) is 6.07 Å². The van der Waals surface area contributed by atoms with Gasteiger partial charge in [-0.3, -0.25) is 4.98 Å². The third kappa shape index (κ3) is 1.99. The van der Waals surface area contributed by atoms with Gasteiger partial charge in [-0.2, -0.15) is 4.98 Å². The van der Waals surface area contributed by atoms with Crippen LogP contribution in [0.4, 0.5) is 0 Å². The van der Waals surface area contributed by atoms with Crippen LogP contribution in [0, 0.1) is 0 Å². The minimum Gasteiger partial charge on any atom is -0.481 e. The third-order valence-corrected chi connectivity index (χ3v) is 3.41. The Kier molecular flexibility index (Phi) is 2.57. The number of H-pyrrole nitrogens is 1. The molecule has 0 saturated carbocycles. The Morgan fingerprint density at radius 3 is 2.90 bits per heavy atom. The summed E-state index contributed by atoms with van der Waals surface area (Å²) in [6.07, 6.45) is 1.79. The molecule has 4 rings (SSSR count). The second-order valence-electron chi connectivity index (χ2n) is 4.72. The van der Waals surface area contributed by atoms with Crippen LogP contribution in [0.15, 0.2) is 48.7 Å². The van der Waals surface area contributed by atoms with E-state index in [1.807, 2.05) is 36.4 Å². The van der Waals surface area contributed by atoms with Crippen molar-refractivity contribution in [2.24, 2.45) is 0 Å². The second-order valence-corrected chi connectivity index (χ2v) is 4.72. The fourth-order valence-corrected chi connectivity index (χ4v) is 2.35. The minimum atomic E-state index is 0.559. The van der Waals surface area contributed by atoms with Crippen molar-refractivity contribution in [3.05, 3.63) is 48.7 Å². The van der Waals surface area contributed by atoms with E-state index in [-0.39, 0.29) is 0 Å². The van der Waals surface area contributed by atoms with Crippen LogP contribution in [0.25, 0.3) is 33.5 Å². The number of ether oxygens (including phenoxy) is 1. The lowest BCUT2D eigenvalue weighted by Crippen LogP contribution is -1.86. The van der Waals surface area contributed by atoms with Crippen LogP contribution in [0.5, 0.6) is 5.88 Å². The molecule has 1 N–H and O–H groups in total. The third-order valence-electron chi connectivity index (χ3n) is 3.41. The zero-order valence-electron chi connectivity index (χ0n) is 11.4. The highest BCUT2D eigenvalue weighted by Crippen LogP contribution is 2.24. The molecule has 4 aromatic rings. The molecule has 1 aromatic carbocycles. The molecule has 0 unspecified atom stereocenters. The lowest BCUT2D eigenvalue weighted by Gasteiger charge is -1.99. The van der Waals surface area contributed by atoms with Gasteiger partial charge in [0.2, 0.25) is 5.88 Å². The molecule has 3 heterocycles. The van der Waals surface area contributed by atoms with Gasteiger partial charge in [-0.05, 0) is 30.3 Å². The van der Waals surface area contributed by atoms with Crippen molar-refractivity contribution in [2.45, 2.75) is 0 Å². The number of fused-ring (bicyclic) bond motifs is 2. The maximum atomic E-state index is 5.12. The van der Waals surface area contributed by atoms with Crippen molar-refractivity contribution in [3.8, 4) is 17.3 Å². The number of nitrogens with one attached hydrogen (secondary N) is 1. The summed E-state index contributed by atoms with van der Waals surface area (Å²) < 4.78 is 5.12. The Morgan fingerprint density at radius 2 is 2.00 bits per heavy atom. The summed E-state index contributed by atoms with van der Waals surface area (Å²) in [5, 5.41) is 1.08. The summed E-state index contributed by atoms with van der Waals surface area (Å²) in [5.74, 6) is 1.35. The SMILES string of the molecule is COc1ccc2[nH]c(-c3ccc4ncccc4c3)nc2n1. The van der Waals surface area contributed by atoms with Crippen LogP contribution in [-0.4, -0.2) is 27.0 Å². The summed E-state index contributed by atoms with van der Waals surface area (Å²) in [7, 11) is 1.60. The maximum Gasteiger partial charge on any atom is 0.215 e. The van der Waals surface area contributed by atoms with Crippen LogP contribution in [0.2, 0.25) is 0 Å². The fourth-order valence-electron chi connectivity index (χ4n) is 2.35. The molecule has 0 fully saturated rings. The van der Waals surface area contributed by atoms with Crippen molar-refractivity contribution >= 4 is 22.1 Å². The first-order valence-corrected chi connectivity index (χ1v) is 6.59. The standard InChI is InChI=1S/C16H12N4O/c1-21-14-7-6-13-16(19-14)20-15(18-13)11-4-5-12-10(9-11)3-2-8-17-12/h2-9H,1H3,(H,18,19,20). The van der Waals surface area contributed by atoms with E-state index in [2.05, 4.69) is 26.0 Å². The van der Waals surface area contributed by atoms with Gasteiger partial charge in [-0.25, -0.2) is 4.98 Å². The number of benzene rings is 1. The number of methoxy groups -OCH3 is 1. The normalized spacial score (nSPS) is 11.1. The second kappa shape index (κ2) is 4.56. The molecule has 3 aromatic heterocycles. The van der Waals surface area contributed by atoms with Gasteiger partial charge < -0.3 is 9.72 Å². The number of aromatic amines is 1. The quantitative estimate of drug-likeness (QED) is 0.610. The topological polar surface area (TPSA) is 63.7 Å². The van der Waals surface area contributed by atoms with Crippen LogP contribution in [0.3, 0.4) is 0 Å². The van der Waals surface area contributed by atoms with E-state index in [1.54, 1.807) is 13.3 Å². The summed E-state index contributed by atoms with van der Waals surface area (Å²) in [4.78, 5) is 16.5. The Hall–Kier alpha value is -2.95. The van der Waals surface area contributed by atoms with E-state index in [1.165, 1.54) is 0 Å². The predicted octanol–water partition coefficient (Wildman–Crippen LogP) is 3.18. The highest BCUT2D eigenvalue weighted by molar-refractivity contribution is 5.84. The summed E-state index contributed by atoms with van der Waals surface area (Å²) in [6.45, 7) is 0. The molecule has 0 atom stereocenters. The molecule has 0 radical (unpaired) electrons. The number of imidazole rings is 1. The Morgan fingerprint density at radius 1 is 1.05 bits per heavy atom. The highest BCUT2D eigenvalue weighted by atomic mass is 16.5. The molecule has 0 bridgehead atoms. The van der Waals surface area contributed by atoms with Crippen molar-refractivity contribution in [3.63, 3.8) is 0 Å². The predicted molar refractivity (Wildman–Crippen MR) is 81.2 cm³/mol. The van der Waals surface area contributed by atoms with Gasteiger partial charge in [0.05, 0.1) is 18.1 Å². The molecule has 0 saturated heterocycles. The van der Waals surface area contributed by atoms with Crippen LogP contribution in [-0.2, 0) is 0 Å². The molecule has 5 nitrogen and oxygen atoms in total. The largest absolute Gasteiger partial charge is 0.481 e. The zero-order valence-corrected chi connectivity index (χ0v) is 11.4. The lowest BCUT2D eigenvalue weighted by molar-refractivity contribution is 0.399. The highest BCUT2D eigenvalue weighted by Gasteiger charge is 2.08. The molecule has 102 valence electrons. The molecule has 0 aliphatic heterocycles. The monoisotopic (exact) mass is 276 g/mol. The van der Waals surface area contributed by atoms with E-state index in [9.17, 15) is 0 Å². The van der Waals surface area contributed by atoms with E-state index in [0.29, 0.717) is 11.5 Å². The van der Waals surface area contributed by atoms with Crippen molar-refractivity contribution in [1.29, 1.82) is 0 Å². The Balaban J connectivity index is 1.87. The van der Waals surface area contributed by atoms with E-state index in [0.717, 1.165) is 27.8 Å². The minimum absolute atomic E-state index is 0.559. The van der Waals surface area contributed by atoms with E-state index >= 15 is 0 Å². The number of hydrogen-bond donors (Lipinski definition) is 1. The Bertz CT molecular complexity index is 945. The number of hydrogen-bond acceptors (Lipinski definition) is 4. The van der Waals surface area contributed by atoms with Crippen molar-refractivity contribution in [1.82, 2.24) is 19.9 Å². The summed E-state index contributed by atoms with van der Waals surface area (Å²) in [6, 6.07) is 13.8. The number of pyridine rings is 2. The molecule has 0 amide bonds. The molecule has 21 heavy (non-hydrogen) atoms.